The average molecular weight is 604 g/mol. The predicted octanol–water partition coefficient (Wildman–Crippen LogP) is 12.0. The summed E-state index contributed by atoms with van der Waals surface area (Å²) >= 11 is 0. The molecule has 3 nitrogen and oxygen atoms in total. The van der Waals surface area contributed by atoms with Gasteiger partial charge in [0.15, 0.2) is 0 Å². The standard InChI is InChI=1S/C44H29NO2/c1-2-9-33(10-3-1)45-26-31-18-17-30(35-13-8-16-42-44(35)38-12-5-7-15-41(38)46-42)24-39(31)34-21-19-28(23-32(34)27-45)29-20-22-37-36-11-4-6-14-40(36)47-43(37)25-29/h1-25H,26-27H2. The van der Waals surface area contributed by atoms with Gasteiger partial charge in [-0.2, -0.15) is 0 Å². The molecule has 47 heavy (non-hydrogen) atoms. The number of rotatable bonds is 3. The van der Waals surface area contributed by atoms with Crippen LogP contribution >= 0.6 is 0 Å². The molecule has 3 heteroatoms. The lowest BCUT2D eigenvalue weighted by molar-refractivity contribution is 0.668. The molecular weight excluding hydrogens is 574 g/mol. The van der Waals surface area contributed by atoms with E-state index in [-0.39, 0.29) is 0 Å². The fraction of sp³-hybridized carbons (Fsp3) is 0.0455. The van der Waals surface area contributed by atoms with Crippen LogP contribution in [0, 0.1) is 0 Å². The van der Waals surface area contributed by atoms with Crippen LogP contribution in [-0.2, 0) is 13.1 Å². The summed E-state index contributed by atoms with van der Waals surface area (Å²) in [6, 6.07) is 54.3. The van der Waals surface area contributed by atoms with Crippen molar-refractivity contribution in [3.63, 3.8) is 0 Å². The summed E-state index contributed by atoms with van der Waals surface area (Å²) in [4.78, 5) is 2.49. The molecular formula is C44H29NO2. The first kappa shape index (κ1) is 26.2. The second kappa shape index (κ2) is 10.2. The molecule has 0 amide bonds. The number of hydrogen-bond acceptors (Lipinski definition) is 3. The Labute approximate surface area is 271 Å². The highest BCUT2D eigenvalue weighted by molar-refractivity contribution is 6.12. The summed E-state index contributed by atoms with van der Waals surface area (Å²) < 4.78 is 12.5. The van der Waals surface area contributed by atoms with E-state index in [0.717, 1.165) is 57.1 Å². The van der Waals surface area contributed by atoms with Crippen LogP contribution in [0.15, 0.2) is 160 Å². The SMILES string of the molecule is c1ccc(N2Cc3cc(-c4ccc5c(c4)oc4ccccc45)ccc3-c3cc(-c4cccc5oc6ccccc6c45)ccc3C2)cc1. The van der Waals surface area contributed by atoms with Crippen molar-refractivity contribution in [1.82, 2.24) is 0 Å². The molecule has 7 aromatic carbocycles. The maximum absolute atomic E-state index is 6.26. The Kier molecular flexibility index (Phi) is 5.70. The largest absolute Gasteiger partial charge is 0.456 e. The fourth-order valence-electron chi connectivity index (χ4n) is 7.51. The van der Waals surface area contributed by atoms with Gasteiger partial charge in [-0.1, -0.05) is 97.1 Å². The first-order valence-electron chi connectivity index (χ1n) is 16.2. The normalized spacial score (nSPS) is 12.9. The van der Waals surface area contributed by atoms with Crippen LogP contribution in [0.25, 0.3) is 77.3 Å². The molecule has 0 aliphatic carbocycles. The van der Waals surface area contributed by atoms with Gasteiger partial charge < -0.3 is 13.7 Å². The van der Waals surface area contributed by atoms with Gasteiger partial charge in [-0.25, -0.2) is 0 Å². The van der Waals surface area contributed by atoms with E-state index in [1.165, 1.54) is 50.0 Å². The first-order chi connectivity index (χ1) is 23.3. The van der Waals surface area contributed by atoms with E-state index in [0.29, 0.717) is 0 Å². The minimum absolute atomic E-state index is 0.812. The van der Waals surface area contributed by atoms with Gasteiger partial charge in [0.25, 0.3) is 0 Å². The van der Waals surface area contributed by atoms with Gasteiger partial charge in [-0.05, 0) is 99.1 Å². The Bertz CT molecular complexity index is 2640. The van der Waals surface area contributed by atoms with Crippen molar-refractivity contribution in [2.75, 3.05) is 4.90 Å². The molecule has 0 radical (unpaired) electrons. The highest BCUT2D eigenvalue weighted by Gasteiger charge is 2.22. The van der Waals surface area contributed by atoms with E-state index in [4.69, 9.17) is 8.83 Å². The molecule has 0 saturated carbocycles. The lowest BCUT2D eigenvalue weighted by Crippen LogP contribution is -2.20. The van der Waals surface area contributed by atoms with Crippen LogP contribution in [0.5, 0.6) is 0 Å². The second-order valence-corrected chi connectivity index (χ2v) is 12.5. The monoisotopic (exact) mass is 603 g/mol. The van der Waals surface area contributed by atoms with Gasteiger partial charge >= 0.3 is 0 Å². The number of para-hydroxylation sites is 3. The fourth-order valence-corrected chi connectivity index (χ4v) is 7.51. The number of furan rings is 2. The zero-order valence-electron chi connectivity index (χ0n) is 25.6. The molecule has 0 atom stereocenters. The number of fused-ring (bicyclic) bond motifs is 9. The van der Waals surface area contributed by atoms with E-state index in [2.05, 4.69) is 132 Å². The van der Waals surface area contributed by atoms with Gasteiger partial charge in [0, 0.05) is 40.3 Å². The second-order valence-electron chi connectivity index (χ2n) is 12.5. The highest BCUT2D eigenvalue weighted by Crippen LogP contribution is 2.42. The molecule has 1 aliphatic rings. The summed E-state index contributed by atoms with van der Waals surface area (Å²) in [5, 5.41) is 4.62. The molecule has 9 aromatic rings. The molecule has 0 fully saturated rings. The molecule has 222 valence electrons. The van der Waals surface area contributed by atoms with Crippen molar-refractivity contribution in [1.29, 1.82) is 0 Å². The average Bonchev–Trinajstić information content (AvgIpc) is 3.65. The van der Waals surface area contributed by atoms with Gasteiger partial charge in [0.2, 0.25) is 0 Å². The summed E-state index contributed by atoms with van der Waals surface area (Å²) in [5.74, 6) is 0. The quantitative estimate of drug-likeness (QED) is 0.201. The number of hydrogen-bond donors (Lipinski definition) is 0. The van der Waals surface area contributed by atoms with E-state index in [9.17, 15) is 0 Å². The van der Waals surface area contributed by atoms with Gasteiger partial charge in [-0.15, -0.1) is 0 Å². The van der Waals surface area contributed by atoms with Crippen LogP contribution < -0.4 is 4.90 Å². The minimum Gasteiger partial charge on any atom is -0.456 e. The Morgan fingerprint density at radius 3 is 1.94 bits per heavy atom. The van der Waals surface area contributed by atoms with Crippen LogP contribution in [0.4, 0.5) is 5.69 Å². The van der Waals surface area contributed by atoms with Crippen LogP contribution in [-0.4, -0.2) is 0 Å². The third kappa shape index (κ3) is 4.20. The number of anilines is 1. The summed E-state index contributed by atoms with van der Waals surface area (Å²) in [7, 11) is 0. The van der Waals surface area contributed by atoms with E-state index < -0.39 is 0 Å². The summed E-state index contributed by atoms with van der Waals surface area (Å²) in [6.45, 7) is 1.64. The first-order valence-corrected chi connectivity index (χ1v) is 16.2. The van der Waals surface area contributed by atoms with Crippen LogP contribution in [0.2, 0.25) is 0 Å². The lowest BCUT2D eigenvalue weighted by atomic mass is 9.90. The van der Waals surface area contributed by atoms with Crippen molar-refractivity contribution >= 4 is 49.6 Å². The Morgan fingerprint density at radius 1 is 0.383 bits per heavy atom. The Balaban J connectivity index is 1.14. The van der Waals surface area contributed by atoms with Gasteiger partial charge in [-0.3, -0.25) is 0 Å². The third-order valence-electron chi connectivity index (χ3n) is 9.77. The molecule has 3 heterocycles. The Morgan fingerprint density at radius 2 is 1.04 bits per heavy atom. The molecule has 0 spiro atoms. The van der Waals surface area contributed by atoms with Crippen molar-refractivity contribution in [3.8, 4) is 33.4 Å². The molecule has 0 saturated heterocycles. The smallest absolute Gasteiger partial charge is 0.136 e. The minimum atomic E-state index is 0.812. The maximum Gasteiger partial charge on any atom is 0.136 e. The Hall–Kier alpha value is -6.06. The number of nitrogens with zero attached hydrogens (tertiary/aromatic N) is 1. The summed E-state index contributed by atoms with van der Waals surface area (Å²) in [6.07, 6.45) is 0. The molecule has 10 rings (SSSR count). The van der Waals surface area contributed by atoms with E-state index in [1.807, 2.05) is 24.3 Å². The maximum atomic E-state index is 6.26. The third-order valence-corrected chi connectivity index (χ3v) is 9.77. The van der Waals surface area contributed by atoms with Gasteiger partial charge in [0.1, 0.15) is 22.3 Å². The molecule has 0 N–H and O–H groups in total. The van der Waals surface area contributed by atoms with E-state index in [1.54, 1.807) is 0 Å². The van der Waals surface area contributed by atoms with Crippen LogP contribution in [0.3, 0.4) is 0 Å². The van der Waals surface area contributed by atoms with Crippen molar-refractivity contribution < 1.29 is 8.83 Å². The molecule has 1 aliphatic heterocycles. The zero-order valence-corrected chi connectivity index (χ0v) is 25.6. The van der Waals surface area contributed by atoms with Crippen LogP contribution in [0.1, 0.15) is 11.1 Å². The lowest BCUT2D eigenvalue weighted by Gasteiger charge is -2.24. The van der Waals surface area contributed by atoms with Crippen molar-refractivity contribution in [2.45, 2.75) is 13.1 Å². The van der Waals surface area contributed by atoms with Crippen molar-refractivity contribution in [2.24, 2.45) is 0 Å². The number of benzene rings is 7. The molecule has 0 bridgehead atoms. The van der Waals surface area contributed by atoms with Crippen molar-refractivity contribution in [3.05, 3.63) is 163 Å². The molecule has 2 aromatic heterocycles. The van der Waals surface area contributed by atoms with E-state index >= 15 is 0 Å². The topological polar surface area (TPSA) is 29.5 Å². The highest BCUT2D eigenvalue weighted by atomic mass is 16.3. The zero-order chi connectivity index (χ0) is 30.9. The predicted molar refractivity (Wildman–Crippen MR) is 194 cm³/mol. The molecule has 0 unspecified atom stereocenters. The van der Waals surface area contributed by atoms with Gasteiger partial charge in [0.05, 0.1) is 0 Å². The summed E-state index contributed by atoms with van der Waals surface area (Å²) in [5.41, 5.74) is 14.8.